The van der Waals surface area contributed by atoms with E-state index in [1.54, 1.807) is 7.11 Å². The lowest BCUT2D eigenvalue weighted by Gasteiger charge is -2.34. The maximum atomic E-state index is 5.66. The third kappa shape index (κ3) is 3.72. The topological polar surface area (TPSA) is 21.3 Å². The van der Waals surface area contributed by atoms with Gasteiger partial charge in [0.15, 0.2) is 0 Å². The molecule has 0 saturated heterocycles. The molecule has 0 spiro atoms. The van der Waals surface area contributed by atoms with Gasteiger partial charge in [0.1, 0.15) is 0 Å². The molecule has 0 aliphatic heterocycles. The van der Waals surface area contributed by atoms with Crippen molar-refractivity contribution in [1.82, 2.24) is 5.32 Å². The monoisotopic (exact) mass is 283 g/mol. The SMILES string of the molecule is CCNC(c1ccc(-c2ccccc2)cc1)C(C)(C)OC. The molecule has 2 aromatic rings. The van der Waals surface area contributed by atoms with Crippen LogP contribution in [-0.4, -0.2) is 19.3 Å². The zero-order valence-electron chi connectivity index (χ0n) is 13.4. The number of ether oxygens (including phenoxy) is 1. The van der Waals surface area contributed by atoms with Crippen LogP contribution in [0, 0.1) is 0 Å². The van der Waals surface area contributed by atoms with Crippen molar-refractivity contribution in [3.8, 4) is 11.1 Å². The van der Waals surface area contributed by atoms with Crippen molar-refractivity contribution in [2.24, 2.45) is 0 Å². The minimum atomic E-state index is -0.246. The minimum Gasteiger partial charge on any atom is -0.377 e. The number of methoxy groups -OCH3 is 1. The van der Waals surface area contributed by atoms with Crippen LogP contribution in [0.3, 0.4) is 0 Å². The number of likely N-dealkylation sites (N-methyl/N-ethyl adjacent to an activating group) is 1. The largest absolute Gasteiger partial charge is 0.377 e. The highest BCUT2D eigenvalue weighted by Crippen LogP contribution is 2.30. The van der Waals surface area contributed by atoms with E-state index in [2.05, 4.69) is 74.6 Å². The molecule has 0 fully saturated rings. The molecular formula is C19H25NO. The molecule has 0 amide bonds. The Hall–Kier alpha value is -1.64. The number of rotatable bonds is 6. The molecule has 2 nitrogen and oxygen atoms in total. The van der Waals surface area contributed by atoms with Crippen molar-refractivity contribution in [2.45, 2.75) is 32.4 Å². The number of hydrogen-bond donors (Lipinski definition) is 1. The molecule has 2 aromatic carbocycles. The fraction of sp³-hybridized carbons (Fsp3) is 0.368. The summed E-state index contributed by atoms with van der Waals surface area (Å²) in [6.07, 6.45) is 0. The predicted molar refractivity (Wildman–Crippen MR) is 89.4 cm³/mol. The molecule has 0 saturated carbocycles. The quantitative estimate of drug-likeness (QED) is 0.847. The summed E-state index contributed by atoms with van der Waals surface area (Å²) in [5, 5.41) is 3.52. The molecule has 0 aliphatic carbocycles. The van der Waals surface area contributed by atoms with Crippen LogP contribution in [-0.2, 0) is 4.74 Å². The van der Waals surface area contributed by atoms with Crippen LogP contribution in [0.25, 0.3) is 11.1 Å². The van der Waals surface area contributed by atoms with Crippen LogP contribution < -0.4 is 5.32 Å². The van der Waals surface area contributed by atoms with Crippen LogP contribution in [0.4, 0.5) is 0 Å². The second-order valence-corrected chi connectivity index (χ2v) is 5.79. The lowest BCUT2D eigenvalue weighted by molar-refractivity contribution is -0.0106. The van der Waals surface area contributed by atoms with Gasteiger partial charge >= 0.3 is 0 Å². The molecule has 21 heavy (non-hydrogen) atoms. The van der Waals surface area contributed by atoms with Gasteiger partial charge in [0.05, 0.1) is 11.6 Å². The first-order valence-electron chi connectivity index (χ1n) is 7.52. The van der Waals surface area contributed by atoms with Gasteiger partial charge in [-0.05, 0) is 37.1 Å². The van der Waals surface area contributed by atoms with Gasteiger partial charge in [0.2, 0.25) is 0 Å². The van der Waals surface area contributed by atoms with Crippen LogP contribution in [0.5, 0.6) is 0 Å². The molecule has 2 heteroatoms. The zero-order chi connectivity index (χ0) is 15.3. The van der Waals surface area contributed by atoms with Gasteiger partial charge in [-0.25, -0.2) is 0 Å². The van der Waals surface area contributed by atoms with Gasteiger partial charge in [0, 0.05) is 7.11 Å². The lowest BCUT2D eigenvalue weighted by atomic mass is 9.90. The van der Waals surface area contributed by atoms with Gasteiger partial charge < -0.3 is 10.1 Å². The van der Waals surface area contributed by atoms with Crippen molar-refractivity contribution in [3.63, 3.8) is 0 Å². The maximum Gasteiger partial charge on any atom is 0.0816 e. The molecule has 112 valence electrons. The van der Waals surface area contributed by atoms with Gasteiger partial charge in [-0.15, -0.1) is 0 Å². The van der Waals surface area contributed by atoms with Gasteiger partial charge in [-0.3, -0.25) is 0 Å². The highest BCUT2D eigenvalue weighted by molar-refractivity contribution is 5.63. The lowest BCUT2D eigenvalue weighted by Crippen LogP contribution is -2.40. The summed E-state index contributed by atoms with van der Waals surface area (Å²) in [7, 11) is 1.77. The smallest absolute Gasteiger partial charge is 0.0816 e. The first-order chi connectivity index (χ1) is 10.1. The molecule has 0 bridgehead atoms. The van der Waals surface area contributed by atoms with E-state index >= 15 is 0 Å². The van der Waals surface area contributed by atoms with Gasteiger partial charge in [-0.2, -0.15) is 0 Å². The Kier molecular flexibility index (Phi) is 5.16. The summed E-state index contributed by atoms with van der Waals surface area (Å²) in [6.45, 7) is 7.27. The number of benzene rings is 2. The van der Waals surface area contributed by atoms with Crippen LogP contribution in [0.2, 0.25) is 0 Å². The number of nitrogens with one attached hydrogen (secondary N) is 1. The van der Waals surface area contributed by atoms with Crippen molar-refractivity contribution in [2.75, 3.05) is 13.7 Å². The highest BCUT2D eigenvalue weighted by Gasteiger charge is 2.29. The first kappa shape index (κ1) is 15.7. The zero-order valence-corrected chi connectivity index (χ0v) is 13.4. The molecule has 0 heterocycles. The van der Waals surface area contributed by atoms with E-state index in [1.807, 2.05) is 6.07 Å². The van der Waals surface area contributed by atoms with Crippen LogP contribution in [0.15, 0.2) is 54.6 Å². The van der Waals surface area contributed by atoms with Gasteiger partial charge in [0.25, 0.3) is 0 Å². The second kappa shape index (κ2) is 6.88. The number of hydrogen-bond acceptors (Lipinski definition) is 2. The van der Waals surface area contributed by atoms with Crippen molar-refractivity contribution in [1.29, 1.82) is 0 Å². The Balaban J connectivity index is 2.28. The first-order valence-corrected chi connectivity index (χ1v) is 7.52. The van der Waals surface area contributed by atoms with Crippen molar-refractivity contribution < 1.29 is 4.74 Å². The average molecular weight is 283 g/mol. The van der Waals surface area contributed by atoms with Crippen molar-refractivity contribution >= 4 is 0 Å². The molecule has 1 atom stereocenters. The van der Waals surface area contributed by atoms with Crippen LogP contribution >= 0.6 is 0 Å². The molecule has 1 unspecified atom stereocenters. The summed E-state index contributed by atoms with van der Waals surface area (Å²) in [6, 6.07) is 19.4. The van der Waals surface area contributed by atoms with Crippen molar-refractivity contribution in [3.05, 3.63) is 60.2 Å². The van der Waals surface area contributed by atoms with E-state index in [1.165, 1.54) is 16.7 Å². The maximum absolute atomic E-state index is 5.66. The summed E-state index contributed by atoms with van der Waals surface area (Å²) >= 11 is 0. The second-order valence-electron chi connectivity index (χ2n) is 5.79. The average Bonchev–Trinajstić information content (AvgIpc) is 2.53. The van der Waals surface area contributed by atoms with E-state index in [0.717, 1.165) is 6.54 Å². The Morgan fingerprint density at radius 3 is 2.05 bits per heavy atom. The summed E-state index contributed by atoms with van der Waals surface area (Å²) < 4.78 is 5.66. The Bertz CT molecular complexity index is 546. The van der Waals surface area contributed by atoms with E-state index in [4.69, 9.17) is 4.74 Å². The summed E-state index contributed by atoms with van der Waals surface area (Å²) in [5.74, 6) is 0. The van der Waals surface area contributed by atoms with Gasteiger partial charge in [-0.1, -0.05) is 61.5 Å². The fourth-order valence-corrected chi connectivity index (χ4v) is 2.59. The third-order valence-electron chi connectivity index (χ3n) is 3.98. The van der Waals surface area contributed by atoms with Crippen LogP contribution in [0.1, 0.15) is 32.4 Å². The summed E-state index contributed by atoms with van der Waals surface area (Å²) in [4.78, 5) is 0. The van der Waals surface area contributed by atoms with E-state index in [9.17, 15) is 0 Å². The Labute approximate surface area is 128 Å². The third-order valence-corrected chi connectivity index (χ3v) is 3.98. The minimum absolute atomic E-state index is 0.178. The Morgan fingerprint density at radius 1 is 0.952 bits per heavy atom. The Morgan fingerprint density at radius 2 is 1.52 bits per heavy atom. The summed E-state index contributed by atoms with van der Waals surface area (Å²) in [5.41, 5.74) is 3.49. The molecule has 0 aliphatic rings. The normalized spacial score (nSPS) is 13.1. The molecule has 0 radical (unpaired) electrons. The predicted octanol–water partition coefficient (Wildman–Crippen LogP) is 4.43. The van der Waals surface area contributed by atoms with E-state index in [0.29, 0.717) is 0 Å². The molecular weight excluding hydrogens is 258 g/mol. The molecule has 1 N–H and O–H groups in total. The van der Waals surface area contributed by atoms with E-state index in [-0.39, 0.29) is 11.6 Å². The standard InChI is InChI=1S/C19H25NO/c1-5-20-18(19(2,3)21-4)17-13-11-16(12-14-17)15-9-7-6-8-10-15/h6-14,18,20H,5H2,1-4H3. The molecule has 0 aromatic heterocycles. The van der Waals surface area contributed by atoms with E-state index < -0.39 is 0 Å². The molecule has 2 rings (SSSR count). The highest BCUT2D eigenvalue weighted by atomic mass is 16.5. The fourth-order valence-electron chi connectivity index (χ4n) is 2.59.